The van der Waals surface area contributed by atoms with E-state index >= 15 is 0 Å². The zero-order chi connectivity index (χ0) is 24.3. The lowest BCUT2D eigenvalue weighted by molar-refractivity contribution is -0.143. The molecule has 0 spiro atoms. The molecule has 1 aromatic heterocycles. The first-order chi connectivity index (χ1) is 16.5. The minimum Gasteiger partial charge on any atom is -0.489 e. The highest BCUT2D eigenvalue weighted by Crippen LogP contribution is 2.29. The number of hydrogen-bond donors (Lipinski definition) is 0. The second-order valence-corrected chi connectivity index (χ2v) is 7.50. The van der Waals surface area contributed by atoms with Crippen LogP contribution in [0.3, 0.4) is 0 Å². The summed E-state index contributed by atoms with van der Waals surface area (Å²) in [4.78, 5) is 16.5. The molecule has 34 heavy (non-hydrogen) atoms. The molecule has 1 heterocycles. The van der Waals surface area contributed by atoms with E-state index in [-0.39, 0.29) is 19.0 Å². The molecule has 172 valence electrons. The van der Waals surface area contributed by atoms with Gasteiger partial charge in [0, 0.05) is 23.7 Å². The van der Waals surface area contributed by atoms with Crippen LogP contribution in [0.15, 0.2) is 54.7 Å². The number of hydrogen-bond acceptors (Lipinski definition) is 7. The average Bonchev–Trinajstić information content (AvgIpc) is 2.87. The summed E-state index contributed by atoms with van der Waals surface area (Å²) in [6.45, 7) is 4.47. The highest BCUT2D eigenvalue weighted by atomic mass is 16.5. The van der Waals surface area contributed by atoms with Gasteiger partial charge in [0.25, 0.3) is 0 Å². The quantitative estimate of drug-likeness (QED) is 0.405. The molecule has 0 fully saturated rings. The SMILES string of the molecule is CCOC(=O)CCc1c(COc2ccc(C#N)cc2)cnc(C)c1OCc1ccc(C#N)cc1. The molecule has 0 saturated carbocycles. The standard InChI is InChI=1S/C27H25N3O4/c1-3-32-26(31)13-12-25-23(18-33-24-10-8-21(15-29)9-11-24)16-30-19(2)27(25)34-17-22-6-4-20(14-28)5-7-22/h4-11,16H,3,12-13,17-18H2,1-2H3. The molecule has 7 nitrogen and oxygen atoms in total. The highest BCUT2D eigenvalue weighted by molar-refractivity contribution is 5.70. The Kier molecular flexibility index (Phi) is 8.60. The largest absolute Gasteiger partial charge is 0.489 e. The molecule has 0 atom stereocenters. The highest BCUT2D eigenvalue weighted by Gasteiger charge is 2.17. The first-order valence-corrected chi connectivity index (χ1v) is 10.9. The van der Waals surface area contributed by atoms with Crippen LogP contribution in [0.5, 0.6) is 11.5 Å². The van der Waals surface area contributed by atoms with Crippen LogP contribution in [-0.2, 0) is 29.2 Å². The van der Waals surface area contributed by atoms with Gasteiger partial charge in [0.2, 0.25) is 0 Å². The maximum atomic E-state index is 12.0. The van der Waals surface area contributed by atoms with E-state index in [1.54, 1.807) is 49.5 Å². The fourth-order valence-electron chi connectivity index (χ4n) is 3.34. The van der Waals surface area contributed by atoms with E-state index in [9.17, 15) is 4.79 Å². The van der Waals surface area contributed by atoms with Gasteiger partial charge in [-0.05, 0) is 62.2 Å². The van der Waals surface area contributed by atoms with Crippen molar-refractivity contribution in [1.29, 1.82) is 10.5 Å². The summed E-state index contributed by atoms with van der Waals surface area (Å²) in [5.74, 6) is 0.944. The van der Waals surface area contributed by atoms with Crippen LogP contribution in [-0.4, -0.2) is 17.6 Å². The molecule has 0 aliphatic carbocycles. The molecule has 7 heteroatoms. The third-order valence-corrected chi connectivity index (χ3v) is 5.13. The van der Waals surface area contributed by atoms with Crippen molar-refractivity contribution >= 4 is 5.97 Å². The molecule has 0 saturated heterocycles. The lowest BCUT2D eigenvalue weighted by atomic mass is 10.0. The Morgan fingerprint density at radius 3 is 2.21 bits per heavy atom. The summed E-state index contributed by atoms with van der Waals surface area (Å²) >= 11 is 0. The number of benzene rings is 2. The van der Waals surface area contributed by atoms with Crippen molar-refractivity contribution in [1.82, 2.24) is 4.98 Å². The predicted molar refractivity (Wildman–Crippen MR) is 125 cm³/mol. The number of nitriles is 2. The van der Waals surface area contributed by atoms with Crippen molar-refractivity contribution in [3.63, 3.8) is 0 Å². The van der Waals surface area contributed by atoms with Gasteiger partial charge in [-0.15, -0.1) is 0 Å². The lowest BCUT2D eigenvalue weighted by Gasteiger charge is -2.18. The normalized spacial score (nSPS) is 10.1. The van der Waals surface area contributed by atoms with E-state index in [0.717, 1.165) is 16.7 Å². The van der Waals surface area contributed by atoms with Gasteiger partial charge in [0.05, 0.1) is 35.6 Å². The topological polar surface area (TPSA) is 105 Å². The Morgan fingerprint density at radius 2 is 1.59 bits per heavy atom. The molecule has 0 radical (unpaired) electrons. The van der Waals surface area contributed by atoms with Gasteiger partial charge in [0.15, 0.2) is 0 Å². The fraction of sp³-hybridized carbons (Fsp3) is 0.259. The number of pyridine rings is 1. The number of aryl methyl sites for hydroxylation is 1. The Balaban J connectivity index is 1.83. The number of carbonyl (C=O) groups excluding carboxylic acids is 1. The van der Waals surface area contributed by atoms with Gasteiger partial charge in [-0.2, -0.15) is 10.5 Å². The first-order valence-electron chi connectivity index (χ1n) is 10.9. The molecule has 0 aliphatic rings. The van der Waals surface area contributed by atoms with Crippen LogP contribution in [0.4, 0.5) is 0 Å². The number of carbonyl (C=O) groups is 1. The zero-order valence-electron chi connectivity index (χ0n) is 19.2. The van der Waals surface area contributed by atoms with Crippen LogP contribution in [0.1, 0.15) is 46.9 Å². The molecular weight excluding hydrogens is 430 g/mol. The minimum absolute atomic E-state index is 0.203. The number of aromatic nitrogens is 1. The van der Waals surface area contributed by atoms with Crippen molar-refractivity contribution in [3.05, 3.63) is 88.2 Å². The van der Waals surface area contributed by atoms with Crippen molar-refractivity contribution in [3.8, 4) is 23.6 Å². The Labute approximate surface area is 199 Å². The van der Waals surface area contributed by atoms with Crippen LogP contribution in [0.2, 0.25) is 0 Å². The molecule has 0 aliphatic heterocycles. The summed E-state index contributed by atoms with van der Waals surface area (Å²) in [6.07, 6.45) is 2.35. The van der Waals surface area contributed by atoms with Crippen LogP contribution in [0.25, 0.3) is 0 Å². The molecular formula is C27H25N3O4. The Morgan fingerprint density at radius 1 is 0.941 bits per heavy atom. The first kappa shape index (κ1) is 24.3. The van der Waals surface area contributed by atoms with Gasteiger partial charge in [-0.3, -0.25) is 9.78 Å². The summed E-state index contributed by atoms with van der Waals surface area (Å²) in [7, 11) is 0. The predicted octanol–water partition coefficient (Wildman–Crippen LogP) is 4.79. The number of rotatable bonds is 10. The van der Waals surface area contributed by atoms with E-state index in [0.29, 0.717) is 48.0 Å². The monoisotopic (exact) mass is 455 g/mol. The molecule has 0 unspecified atom stereocenters. The zero-order valence-corrected chi connectivity index (χ0v) is 19.2. The molecule has 0 amide bonds. The van der Waals surface area contributed by atoms with Gasteiger partial charge >= 0.3 is 5.97 Å². The summed E-state index contributed by atoms with van der Waals surface area (Å²) in [6, 6.07) is 18.2. The maximum absolute atomic E-state index is 12.0. The van der Waals surface area contributed by atoms with E-state index in [2.05, 4.69) is 17.1 Å². The fourth-order valence-corrected chi connectivity index (χ4v) is 3.34. The van der Waals surface area contributed by atoms with Crippen molar-refractivity contribution in [2.24, 2.45) is 0 Å². The molecule has 3 rings (SSSR count). The number of ether oxygens (including phenoxy) is 3. The van der Waals surface area contributed by atoms with E-state index < -0.39 is 0 Å². The van der Waals surface area contributed by atoms with Crippen LogP contribution in [0, 0.1) is 29.6 Å². The van der Waals surface area contributed by atoms with Crippen molar-refractivity contribution < 1.29 is 19.0 Å². The molecule has 0 N–H and O–H groups in total. The Bertz CT molecular complexity index is 1210. The summed E-state index contributed by atoms with van der Waals surface area (Å²) in [5, 5.41) is 18.0. The van der Waals surface area contributed by atoms with Crippen LogP contribution >= 0.6 is 0 Å². The van der Waals surface area contributed by atoms with E-state index in [1.807, 2.05) is 19.1 Å². The van der Waals surface area contributed by atoms with E-state index in [1.165, 1.54) is 0 Å². The third kappa shape index (κ3) is 6.57. The molecule has 0 bridgehead atoms. The number of esters is 1. The van der Waals surface area contributed by atoms with Crippen LogP contribution < -0.4 is 9.47 Å². The number of nitrogens with zero attached hydrogens (tertiary/aromatic N) is 3. The van der Waals surface area contributed by atoms with E-state index in [4.69, 9.17) is 24.7 Å². The summed E-state index contributed by atoms with van der Waals surface area (Å²) < 4.78 is 17.2. The van der Waals surface area contributed by atoms with Crippen molar-refractivity contribution in [2.45, 2.75) is 39.9 Å². The van der Waals surface area contributed by atoms with Gasteiger partial charge in [-0.1, -0.05) is 12.1 Å². The van der Waals surface area contributed by atoms with Gasteiger partial charge in [0.1, 0.15) is 24.7 Å². The molecule has 2 aromatic carbocycles. The average molecular weight is 456 g/mol. The molecule has 3 aromatic rings. The summed E-state index contributed by atoms with van der Waals surface area (Å²) in [5.41, 5.74) is 4.39. The van der Waals surface area contributed by atoms with Gasteiger partial charge < -0.3 is 14.2 Å². The minimum atomic E-state index is -0.283. The third-order valence-electron chi connectivity index (χ3n) is 5.13. The smallest absolute Gasteiger partial charge is 0.306 e. The van der Waals surface area contributed by atoms with Crippen molar-refractivity contribution in [2.75, 3.05) is 6.61 Å². The second-order valence-electron chi connectivity index (χ2n) is 7.50. The second kappa shape index (κ2) is 12.0. The Hall–Kier alpha value is -4.36. The lowest BCUT2D eigenvalue weighted by Crippen LogP contribution is -2.11. The maximum Gasteiger partial charge on any atom is 0.306 e. The van der Waals surface area contributed by atoms with Gasteiger partial charge in [-0.25, -0.2) is 0 Å².